The Kier molecular flexibility index (Phi) is 7.94. The summed E-state index contributed by atoms with van der Waals surface area (Å²) in [7, 11) is 0. The van der Waals surface area contributed by atoms with Crippen molar-refractivity contribution in [1.82, 2.24) is 10.3 Å². The highest BCUT2D eigenvalue weighted by atomic mass is 35.5. The molecule has 2 aromatic rings. The maximum Gasteiger partial charge on any atom is 0.305 e. The number of carbonyl (C=O) groups is 2. The molecule has 0 aliphatic carbocycles. The summed E-state index contributed by atoms with van der Waals surface area (Å²) in [5.41, 5.74) is 2.89. The fourth-order valence-corrected chi connectivity index (χ4v) is 3.83. The standard InChI is InChI=1S/C22H25Cl2N3O3/c23-17-10-8-15(12-18(17)24)19(13-21(29)30)27-20(28)6-2-1-5-16-9-7-14-4-3-11-25-22(14)26-16/h7-10,12,19H,1-6,11,13H2,(H,25,26)(H,27,28)(H,29,30). The average molecular weight is 450 g/mol. The number of hydrogen-bond donors (Lipinski definition) is 3. The van der Waals surface area contributed by atoms with Crippen LogP contribution < -0.4 is 10.6 Å². The van der Waals surface area contributed by atoms with E-state index in [0.29, 0.717) is 28.5 Å². The van der Waals surface area contributed by atoms with Crippen LogP contribution in [0.25, 0.3) is 0 Å². The van der Waals surface area contributed by atoms with Gasteiger partial charge in [-0.2, -0.15) is 0 Å². The topological polar surface area (TPSA) is 91.3 Å². The van der Waals surface area contributed by atoms with Gasteiger partial charge in [0.1, 0.15) is 5.82 Å². The molecule has 1 amide bonds. The van der Waals surface area contributed by atoms with E-state index >= 15 is 0 Å². The van der Waals surface area contributed by atoms with E-state index in [1.54, 1.807) is 18.2 Å². The lowest BCUT2D eigenvalue weighted by molar-refractivity contribution is -0.137. The molecule has 0 saturated carbocycles. The van der Waals surface area contributed by atoms with Crippen molar-refractivity contribution in [3.8, 4) is 0 Å². The lowest BCUT2D eigenvalue weighted by Gasteiger charge is -2.18. The van der Waals surface area contributed by atoms with Gasteiger partial charge in [-0.1, -0.05) is 35.3 Å². The number of amides is 1. The highest BCUT2D eigenvalue weighted by Crippen LogP contribution is 2.27. The van der Waals surface area contributed by atoms with Gasteiger partial charge in [-0.25, -0.2) is 4.98 Å². The first kappa shape index (κ1) is 22.4. The van der Waals surface area contributed by atoms with Crippen molar-refractivity contribution < 1.29 is 14.7 Å². The molecule has 2 heterocycles. The van der Waals surface area contributed by atoms with E-state index < -0.39 is 12.0 Å². The molecular formula is C22H25Cl2N3O3. The van der Waals surface area contributed by atoms with E-state index in [2.05, 4.69) is 27.8 Å². The Morgan fingerprint density at radius 2 is 2.00 bits per heavy atom. The minimum atomic E-state index is -1.00. The number of hydrogen-bond acceptors (Lipinski definition) is 4. The molecule has 1 aliphatic rings. The maximum atomic E-state index is 12.4. The van der Waals surface area contributed by atoms with Gasteiger partial charge in [-0.3, -0.25) is 9.59 Å². The van der Waals surface area contributed by atoms with Crippen LogP contribution in [0, 0.1) is 0 Å². The third-order valence-electron chi connectivity index (χ3n) is 5.10. The number of benzene rings is 1. The van der Waals surface area contributed by atoms with Gasteiger partial charge in [-0.15, -0.1) is 0 Å². The van der Waals surface area contributed by atoms with Crippen molar-refractivity contribution in [3.63, 3.8) is 0 Å². The zero-order valence-corrected chi connectivity index (χ0v) is 18.1. The number of aromatic nitrogens is 1. The highest BCUT2D eigenvalue weighted by molar-refractivity contribution is 6.42. The highest BCUT2D eigenvalue weighted by Gasteiger charge is 2.19. The van der Waals surface area contributed by atoms with Gasteiger partial charge < -0.3 is 15.7 Å². The molecule has 1 unspecified atom stereocenters. The Hall–Kier alpha value is -2.31. The summed E-state index contributed by atoms with van der Waals surface area (Å²) in [4.78, 5) is 28.3. The Morgan fingerprint density at radius 1 is 1.17 bits per heavy atom. The Balaban J connectivity index is 1.49. The zero-order chi connectivity index (χ0) is 21.5. The Morgan fingerprint density at radius 3 is 2.77 bits per heavy atom. The third kappa shape index (κ3) is 6.34. The summed E-state index contributed by atoms with van der Waals surface area (Å²) in [5.74, 6) is -0.208. The predicted molar refractivity (Wildman–Crippen MR) is 118 cm³/mol. The number of aliphatic carboxylic acids is 1. The van der Waals surface area contributed by atoms with E-state index in [9.17, 15) is 14.7 Å². The van der Waals surface area contributed by atoms with Crippen molar-refractivity contribution in [3.05, 3.63) is 57.2 Å². The molecular weight excluding hydrogens is 425 g/mol. The van der Waals surface area contributed by atoms with Crippen molar-refractivity contribution in [2.45, 2.75) is 51.0 Å². The maximum absolute atomic E-state index is 12.4. The molecule has 8 heteroatoms. The number of carbonyl (C=O) groups excluding carboxylic acids is 1. The van der Waals surface area contributed by atoms with E-state index in [1.807, 2.05) is 0 Å². The van der Waals surface area contributed by atoms with E-state index in [0.717, 1.165) is 43.7 Å². The first-order valence-electron chi connectivity index (χ1n) is 10.1. The summed E-state index contributed by atoms with van der Waals surface area (Å²) in [6.45, 7) is 0.958. The average Bonchev–Trinajstić information content (AvgIpc) is 2.72. The summed E-state index contributed by atoms with van der Waals surface area (Å²) >= 11 is 12.0. The Labute approximate surface area is 186 Å². The Bertz CT molecular complexity index is 920. The fraction of sp³-hybridized carbons (Fsp3) is 0.409. The molecule has 3 rings (SSSR count). The summed E-state index contributed by atoms with van der Waals surface area (Å²) < 4.78 is 0. The van der Waals surface area contributed by atoms with Crippen LogP contribution in [-0.4, -0.2) is 28.5 Å². The van der Waals surface area contributed by atoms with Crippen LogP contribution >= 0.6 is 23.2 Å². The van der Waals surface area contributed by atoms with E-state index in [4.69, 9.17) is 23.2 Å². The second-order valence-electron chi connectivity index (χ2n) is 7.44. The number of fused-ring (bicyclic) bond motifs is 1. The number of nitrogens with one attached hydrogen (secondary N) is 2. The van der Waals surface area contributed by atoms with Gasteiger partial charge >= 0.3 is 5.97 Å². The number of aryl methyl sites for hydroxylation is 2. The minimum absolute atomic E-state index is 0.188. The largest absolute Gasteiger partial charge is 0.481 e. The van der Waals surface area contributed by atoms with Crippen LogP contribution in [0.5, 0.6) is 0 Å². The number of carboxylic acids is 1. The molecule has 0 radical (unpaired) electrons. The molecule has 0 fully saturated rings. The minimum Gasteiger partial charge on any atom is -0.481 e. The number of anilines is 1. The smallest absolute Gasteiger partial charge is 0.305 e. The lowest BCUT2D eigenvalue weighted by Crippen LogP contribution is -2.30. The van der Waals surface area contributed by atoms with Crippen LogP contribution in [-0.2, 0) is 22.4 Å². The summed E-state index contributed by atoms with van der Waals surface area (Å²) in [6, 6.07) is 8.40. The van der Waals surface area contributed by atoms with Gasteiger partial charge in [0.05, 0.1) is 22.5 Å². The molecule has 1 atom stereocenters. The van der Waals surface area contributed by atoms with Crippen molar-refractivity contribution in [2.75, 3.05) is 11.9 Å². The number of nitrogens with zero attached hydrogens (tertiary/aromatic N) is 1. The number of rotatable bonds is 9. The first-order valence-corrected chi connectivity index (χ1v) is 10.9. The quantitative estimate of drug-likeness (QED) is 0.478. The summed E-state index contributed by atoms with van der Waals surface area (Å²) in [6.07, 6.45) is 4.61. The SMILES string of the molecule is O=C(O)CC(NC(=O)CCCCc1ccc2c(n1)NCCC2)c1ccc(Cl)c(Cl)c1. The molecule has 1 aromatic heterocycles. The van der Waals surface area contributed by atoms with Crippen LogP contribution in [0.3, 0.4) is 0 Å². The molecule has 0 bridgehead atoms. The first-order chi connectivity index (χ1) is 14.4. The van der Waals surface area contributed by atoms with Gasteiger partial charge in [-0.05, 0) is 61.4 Å². The van der Waals surface area contributed by atoms with Gasteiger partial charge in [0.25, 0.3) is 0 Å². The molecule has 1 aliphatic heterocycles. The number of pyridine rings is 1. The normalized spacial score (nSPS) is 13.8. The van der Waals surface area contributed by atoms with Crippen LogP contribution in [0.4, 0.5) is 5.82 Å². The van der Waals surface area contributed by atoms with Gasteiger partial charge in [0.15, 0.2) is 0 Å². The molecule has 6 nitrogen and oxygen atoms in total. The molecule has 3 N–H and O–H groups in total. The van der Waals surface area contributed by atoms with Crippen LogP contribution in [0.2, 0.25) is 10.0 Å². The summed E-state index contributed by atoms with van der Waals surface area (Å²) in [5, 5.41) is 16.0. The van der Waals surface area contributed by atoms with E-state index in [-0.39, 0.29) is 12.3 Å². The van der Waals surface area contributed by atoms with Gasteiger partial charge in [0.2, 0.25) is 5.91 Å². The molecule has 0 spiro atoms. The van der Waals surface area contributed by atoms with Crippen LogP contribution in [0.1, 0.15) is 55.0 Å². The number of halogens is 2. The lowest BCUT2D eigenvalue weighted by atomic mass is 10.0. The fourth-order valence-electron chi connectivity index (χ4n) is 3.52. The van der Waals surface area contributed by atoms with Crippen molar-refractivity contribution >= 4 is 40.9 Å². The van der Waals surface area contributed by atoms with Crippen LogP contribution in [0.15, 0.2) is 30.3 Å². The zero-order valence-electron chi connectivity index (χ0n) is 16.6. The number of unbranched alkanes of at least 4 members (excludes halogenated alkanes) is 1. The predicted octanol–water partition coefficient (Wildman–Crippen LogP) is 4.79. The number of carboxylic acid groups (broad SMARTS) is 1. The van der Waals surface area contributed by atoms with Gasteiger partial charge in [0, 0.05) is 18.7 Å². The monoisotopic (exact) mass is 449 g/mol. The van der Waals surface area contributed by atoms with Crippen molar-refractivity contribution in [1.29, 1.82) is 0 Å². The second-order valence-corrected chi connectivity index (χ2v) is 8.25. The third-order valence-corrected chi connectivity index (χ3v) is 5.84. The molecule has 160 valence electrons. The molecule has 0 saturated heterocycles. The molecule has 1 aromatic carbocycles. The van der Waals surface area contributed by atoms with E-state index in [1.165, 1.54) is 5.56 Å². The molecule has 30 heavy (non-hydrogen) atoms. The van der Waals surface area contributed by atoms with Crippen molar-refractivity contribution in [2.24, 2.45) is 0 Å². The second kappa shape index (κ2) is 10.6.